The molecule has 0 radical (unpaired) electrons. The van der Waals surface area contributed by atoms with Crippen LogP contribution in [0.5, 0.6) is 0 Å². The zero-order chi connectivity index (χ0) is 17.6. The molecule has 9 heteroatoms. The Morgan fingerprint density at radius 3 is 1.87 bits per heavy atom. The second kappa shape index (κ2) is 9.09. The summed E-state index contributed by atoms with van der Waals surface area (Å²) < 4.78 is 21.3. The fraction of sp³-hybridized carbons (Fsp3) is 0.786. The summed E-state index contributed by atoms with van der Waals surface area (Å²) in [6.45, 7) is 5.04. The summed E-state index contributed by atoms with van der Waals surface area (Å²) >= 11 is 1.33. The van der Waals surface area contributed by atoms with Gasteiger partial charge in [-0.25, -0.2) is 0 Å². The number of esters is 3. The molecule has 8 nitrogen and oxygen atoms in total. The van der Waals surface area contributed by atoms with Gasteiger partial charge in [-0.15, -0.1) is 11.8 Å². The lowest BCUT2D eigenvalue weighted by Crippen LogP contribution is -2.61. The number of aliphatic hydroxyl groups is 1. The molecule has 1 aliphatic rings. The van der Waals surface area contributed by atoms with Crippen molar-refractivity contribution in [3.8, 4) is 0 Å². The maximum Gasteiger partial charge on any atom is 0.303 e. The largest absolute Gasteiger partial charge is 0.456 e. The van der Waals surface area contributed by atoms with Crippen molar-refractivity contribution >= 4 is 29.7 Å². The Morgan fingerprint density at radius 2 is 1.43 bits per heavy atom. The van der Waals surface area contributed by atoms with Gasteiger partial charge in [0.2, 0.25) is 0 Å². The van der Waals surface area contributed by atoms with Gasteiger partial charge in [0.1, 0.15) is 11.5 Å². The highest BCUT2D eigenvalue weighted by Gasteiger charge is 2.51. The summed E-state index contributed by atoms with van der Waals surface area (Å²) in [7, 11) is 0. The predicted octanol–water partition coefficient (Wildman–Crippen LogP) is 0.252. The van der Waals surface area contributed by atoms with Crippen LogP contribution in [-0.4, -0.2) is 65.2 Å². The van der Waals surface area contributed by atoms with Crippen LogP contribution >= 0.6 is 11.8 Å². The molecule has 1 aliphatic heterocycles. The molecule has 0 saturated carbocycles. The molecule has 0 amide bonds. The smallest absolute Gasteiger partial charge is 0.303 e. The van der Waals surface area contributed by atoms with Crippen LogP contribution in [0.3, 0.4) is 0 Å². The molecule has 1 N–H and O–H groups in total. The van der Waals surface area contributed by atoms with Crippen molar-refractivity contribution in [1.82, 2.24) is 0 Å². The van der Waals surface area contributed by atoms with Crippen LogP contribution in [0.1, 0.15) is 27.7 Å². The topological polar surface area (TPSA) is 108 Å². The number of ether oxygens (including phenoxy) is 4. The molecular formula is C14H22O8S. The van der Waals surface area contributed by atoms with Crippen molar-refractivity contribution in [1.29, 1.82) is 0 Å². The normalized spacial score (nSPS) is 30.4. The Morgan fingerprint density at radius 1 is 0.957 bits per heavy atom. The first-order chi connectivity index (χ1) is 10.8. The average molecular weight is 350 g/mol. The van der Waals surface area contributed by atoms with Gasteiger partial charge in [0, 0.05) is 20.8 Å². The Labute approximate surface area is 138 Å². The van der Waals surface area contributed by atoms with Gasteiger partial charge < -0.3 is 24.1 Å². The average Bonchev–Trinajstić information content (AvgIpc) is 2.43. The highest BCUT2D eigenvalue weighted by molar-refractivity contribution is 7.99. The van der Waals surface area contributed by atoms with Crippen LogP contribution in [0.15, 0.2) is 0 Å². The maximum absolute atomic E-state index is 11.4. The van der Waals surface area contributed by atoms with Gasteiger partial charge in [-0.3, -0.25) is 14.4 Å². The van der Waals surface area contributed by atoms with Gasteiger partial charge in [-0.1, -0.05) is 6.92 Å². The summed E-state index contributed by atoms with van der Waals surface area (Å²) in [4.78, 5) is 34.1. The van der Waals surface area contributed by atoms with E-state index >= 15 is 0 Å². The van der Waals surface area contributed by atoms with E-state index in [4.69, 9.17) is 18.9 Å². The van der Waals surface area contributed by atoms with Crippen LogP contribution in [0.4, 0.5) is 0 Å². The van der Waals surface area contributed by atoms with Gasteiger partial charge in [-0.2, -0.15) is 0 Å². The van der Waals surface area contributed by atoms with Crippen molar-refractivity contribution in [3.05, 3.63) is 0 Å². The Hall–Kier alpha value is -1.32. The maximum atomic E-state index is 11.4. The molecule has 1 saturated heterocycles. The summed E-state index contributed by atoms with van der Waals surface area (Å²) in [5, 5.41) is 9.51. The predicted molar refractivity (Wildman–Crippen MR) is 80.5 cm³/mol. The lowest BCUT2D eigenvalue weighted by atomic mass is 9.99. The molecule has 0 aliphatic carbocycles. The molecule has 0 aromatic rings. The first kappa shape index (κ1) is 19.7. The molecular weight excluding hydrogens is 328 g/mol. The van der Waals surface area contributed by atoms with Crippen LogP contribution in [-0.2, 0) is 33.3 Å². The van der Waals surface area contributed by atoms with E-state index in [1.807, 2.05) is 6.92 Å². The number of carbonyl (C=O) groups excluding carboxylic acids is 3. The Balaban J connectivity index is 3.16. The molecule has 1 rings (SSSR count). The molecule has 5 atom stereocenters. The fourth-order valence-electron chi connectivity index (χ4n) is 2.30. The standard InChI is InChI=1S/C14H22O8S/c1-5-23-14-13(21-9(4)18)12(20-8(3)17)11(19-7(2)16)10(6-15)22-14/h10-15H,5-6H2,1-4H3/t10?,11-,12+,13?,14+/m1/s1. The highest BCUT2D eigenvalue weighted by atomic mass is 32.2. The van der Waals surface area contributed by atoms with E-state index in [1.165, 1.54) is 32.5 Å². The SMILES string of the molecule is CCS[C@@H]1OC(CO)[C@@H](OC(C)=O)[C@H](OC(C)=O)C1OC(C)=O. The van der Waals surface area contributed by atoms with Crippen LogP contribution in [0, 0.1) is 0 Å². The van der Waals surface area contributed by atoms with E-state index in [0.717, 1.165) is 0 Å². The van der Waals surface area contributed by atoms with Crippen molar-refractivity contribution in [3.63, 3.8) is 0 Å². The van der Waals surface area contributed by atoms with E-state index in [2.05, 4.69) is 0 Å². The monoisotopic (exact) mass is 350 g/mol. The molecule has 2 unspecified atom stereocenters. The summed E-state index contributed by atoms with van der Waals surface area (Å²) in [5.74, 6) is -1.19. The quantitative estimate of drug-likeness (QED) is 0.532. The van der Waals surface area contributed by atoms with Crippen molar-refractivity contribution in [2.24, 2.45) is 0 Å². The molecule has 0 spiro atoms. The first-order valence-electron chi connectivity index (χ1n) is 7.19. The van der Waals surface area contributed by atoms with E-state index in [-0.39, 0.29) is 0 Å². The number of aliphatic hydroxyl groups excluding tert-OH is 1. The molecule has 1 fully saturated rings. The van der Waals surface area contributed by atoms with Crippen LogP contribution < -0.4 is 0 Å². The van der Waals surface area contributed by atoms with Crippen molar-refractivity contribution in [2.75, 3.05) is 12.4 Å². The number of carbonyl (C=O) groups is 3. The number of thioether (sulfide) groups is 1. The van der Waals surface area contributed by atoms with Gasteiger partial charge in [-0.05, 0) is 5.75 Å². The Kier molecular flexibility index (Phi) is 7.80. The van der Waals surface area contributed by atoms with Crippen LogP contribution in [0.25, 0.3) is 0 Å². The molecule has 132 valence electrons. The highest BCUT2D eigenvalue weighted by Crippen LogP contribution is 2.33. The van der Waals surface area contributed by atoms with E-state index < -0.39 is 54.4 Å². The second-order valence-corrected chi connectivity index (χ2v) is 6.28. The Bertz CT molecular complexity index is 440. The molecule has 0 aromatic heterocycles. The minimum absolute atomic E-state index is 0.441. The fourth-order valence-corrected chi connectivity index (χ4v) is 3.25. The zero-order valence-electron chi connectivity index (χ0n) is 13.5. The lowest BCUT2D eigenvalue weighted by molar-refractivity contribution is -0.236. The molecule has 0 bridgehead atoms. The van der Waals surface area contributed by atoms with Gasteiger partial charge in [0.25, 0.3) is 0 Å². The number of rotatable bonds is 6. The molecule has 23 heavy (non-hydrogen) atoms. The van der Waals surface area contributed by atoms with Gasteiger partial charge >= 0.3 is 17.9 Å². The van der Waals surface area contributed by atoms with E-state index in [1.54, 1.807) is 0 Å². The zero-order valence-corrected chi connectivity index (χ0v) is 14.3. The third-order valence-corrected chi connectivity index (χ3v) is 4.05. The van der Waals surface area contributed by atoms with Gasteiger partial charge in [0.05, 0.1) is 6.61 Å². The van der Waals surface area contributed by atoms with Crippen molar-refractivity contribution in [2.45, 2.75) is 57.5 Å². The minimum atomic E-state index is -1.07. The summed E-state index contributed by atoms with van der Waals surface area (Å²) in [6.07, 6.45) is -3.97. The third kappa shape index (κ3) is 5.67. The summed E-state index contributed by atoms with van der Waals surface area (Å²) in [5.41, 5.74) is -0.655. The first-order valence-corrected chi connectivity index (χ1v) is 8.24. The minimum Gasteiger partial charge on any atom is -0.456 e. The van der Waals surface area contributed by atoms with E-state index in [0.29, 0.717) is 5.75 Å². The third-order valence-electron chi connectivity index (χ3n) is 3.01. The van der Waals surface area contributed by atoms with Crippen LogP contribution in [0.2, 0.25) is 0 Å². The number of hydrogen-bond donors (Lipinski definition) is 1. The summed E-state index contributed by atoms with van der Waals surface area (Å²) in [6, 6.07) is 0. The number of hydrogen-bond acceptors (Lipinski definition) is 9. The van der Waals surface area contributed by atoms with Crippen molar-refractivity contribution < 1.29 is 38.4 Å². The molecule has 0 aromatic carbocycles. The molecule has 1 heterocycles. The lowest BCUT2D eigenvalue weighted by Gasteiger charge is -2.43. The van der Waals surface area contributed by atoms with Gasteiger partial charge in [0.15, 0.2) is 18.3 Å². The van der Waals surface area contributed by atoms with E-state index in [9.17, 15) is 19.5 Å². The second-order valence-electron chi connectivity index (χ2n) is 4.90.